The molecular formula is C20H17ClN8O2S. The molecule has 4 aromatic rings. The molecular weight excluding hydrogens is 452 g/mol. The lowest BCUT2D eigenvalue weighted by Gasteiger charge is -2.06. The fourth-order valence-corrected chi connectivity index (χ4v) is 3.75. The maximum absolute atomic E-state index is 12.9. The molecule has 0 aliphatic rings. The maximum atomic E-state index is 12.9. The van der Waals surface area contributed by atoms with E-state index in [2.05, 4.69) is 35.8 Å². The highest BCUT2D eigenvalue weighted by atomic mass is 35.5. The Bertz CT molecular complexity index is 1250. The quantitative estimate of drug-likeness (QED) is 0.239. The SMILES string of the molecule is CC(=NNC(=O)c1nnn(-c2nonc2N)c1CSc1ccc(Cl)cc1)c1ccccc1. The van der Waals surface area contributed by atoms with Crippen LogP contribution in [0.5, 0.6) is 0 Å². The molecule has 0 saturated heterocycles. The number of halogens is 1. The zero-order valence-corrected chi connectivity index (χ0v) is 18.3. The minimum absolute atomic E-state index is 0.0255. The summed E-state index contributed by atoms with van der Waals surface area (Å²) in [6.45, 7) is 1.80. The predicted octanol–water partition coefficient (Wildman–Crippen LogP) is 3.33. The van der Waals surface area contributed by atoms with Crippen LogP contribution in [0.15, 0.2) is 69.2 Å². The normalized spacial score (nSPS) is 11.5. The summed E-state index contributed by atoms with van der Waals surface area (Å²) in [6, 6.07) is 16.8. The van der Waals surface area contributed by atoms with Gasteiger partial charge >= 0.3 is 0 Å². The molecule has 2 aromatic carbocycles. The van der Waals surface area contributed by atoms with E-state index >= 15 is 0 Å². The third-order valence-electron chi connectivity index (χ3n) is 4.38. The molecule has 0 aliphatic carbocycles. The second kappa shape index (κ2) is 9.62. The monoisotopic (exact) mass is 468 g/mol. The van der Waals surface area contributed by atoms with Gasteiger partial charge in [-0.3, -0.25) is 4.79 Å². The fraction of sp³-hybridized carbons (Fsp3) is 0.100. The minimum atomic E-state index is -0.520. The summed E-state index contributed by atoms with van der Waals surface area (Å²) >= 11 is 7.42. The van der Waals surface area contributed by atoms with Crippen LogP contribution in [0, 0.1) is 0 Å². The number of hydrogen-bond acceptors (Lipinski definition) is 9. The van der Waals surface area contributed by atoms with Crippen molar-refractivity contribution in [3.8, 4) is 5.82 Å². The number of thioether (sulfide) groups is 1. The molecule has 0 saturated carbocycles. The largest absolute Gasteiger partial charge is 0.378 e. The standard InChI is InChI=1S/C20H17ClN8O2S/c1-12(13-5-3-2-4-6-13)23-25-20(30)17-16(11-32-15-9-7-14(21)8-10-15)29(28-24-17)19-18(22)26-31-27-19/h2-10H,11H2,1H3,(H2,22,26)(H,25,30). The minimum Gasteiger partial charge on any atom is -0.378 e. The number of nitrogens with two attached hydrogens (primary N) is 1. The van der Waals surface area contributed by atoms with Crippen molar-refractivity contribution >= 4 is 40.8 Å². The molecule has 0 unspecified atom stereocenters. The van der Waals surface area contributed by atoms with Crippen molar-refractivity contribution in [3.63, 3.8) is 0 Å². The van der Waals surface area contributed by atoms with E-state index in [1.807, 2.05) is 42.5 Å². The van der Waals surface area contributed by atoms with E-state index in [9.17, 15) is 4.79 Å². The van der Waals surface area contributed by atoms with Crippen molar-refractivity contribution in [1.29, 1.82) is 0 Å². The first-order valence-electron chi connectivity index (χ1n) is 9.34. The van der Waals surface area contributed by atoms with E-state index < -0.39 is 5.91 Å². The zero-order chi connectivity index (χ0) is 22.5. The molecule has 2 aromatic heterocycles. The van der Waals surface area contributed by atoms with Crippen LogP contribution in [0.25, 0.3) is 5.82 Å². The molecule has 0 fully saturated rings. The smallest absolute Gasteiger partial charge is 0.293 e. The number of aromatic nitrogens is 5. The number of benzene rings is 2. The molecule has 10 nitrogen and oxygen atoms in total. The average Bonchev–Trinajstić information content (AvgIpc) is 3.43. The molecule has 0 spiro atoms. The van der Waals surface area contributed by atoms with Crippen LogP contribution in [0.1, 0.15) is 28.7 Å². The topological polar surface area (TPSA) is 137 Å². The van der Waals surface area contributed by atoms with Crippen molar-refractivity contribution in [2.45, 2.75) is 17.6 Å². The summed E-state index contributed by atoms with van der Waals surface area (Å²) in [7, 11) is 0. The number of carbonyl (C=O) groups is 1. The van der Waals surface area contributed by atoms with Gasteiger partial charge in [0.25, 0.3) is 5.91 Å². The third kappa shape index (κ3) is 4.79. The van der Waals surface area contributed by atoms with Crippen LogP contribution < -0.4 is 11.2 Å². The Morgan fingerprint density at radius 1 is 1.19 bits per heavy atom. The molecule has 32 heavy (non-hydrogen) atoms. The summed E-state index contributed by atoms with van der Waals surface area (Å²) in [6.07, 6.45) is 0. The van der Waals surface area contributed by atoms with Gasteiger partial charge in [0.05, 0.1) is 11.4 Å². The Morgan fingerprint density at radius 3 is 2.62 bits per heavy atom. The Balaban J connectivity index is 1.60. The second-order valence-corrected chi connectivity index (χ2v) is 8.00. The molecule has 0 atom stereocenters. The molecule has 3 N–H and O–H groups in total. The van der Waals surface area contributed by atoms with Crippen molar-refractivity contribution < 1.29 is 9.42 Å². The van der Waals surface area contributed by atoms with Crippen LogP contribution in [0.3, 0.4) is 0 Å². The lowest BCUT2D eigenvalue weighted by Crippen LogP contribution is -2.21. The van der Waals surface area contributed by atoms with Gasteiger partial charge in [-0.15, -0.1) is 16.9 Å². The highest BCUT2D eigenvalue weighted by Gasteiger charge is 2.24. The molecule has 0 bridgehead atoms. The second-order valence-electron chi connectivity index (χ2n) is 6.52. The van der Waals surface area contributed by atoms with Crippen LogP contribution >= 0.6 is 23.4 Å². The van der Waals surface area contributed by atoms with Gasteiger partial charge in [0.15, 0.2) is 5.69 Å². The van der Waals surface area contributed by atoms with E-state index in [0.29, 0.717) is 22.2 Å². The lowest BCUT2D eigenvalue weighted by molar-refractivity contribution is 0.0949. The van der Waals surface area contributed by atoms with Crippen molar-refractivity contribution in [1.82, 2.24) is 30.7 Å². The number of carbonyl (C=O) groups excluding carboxylic acids is 1. The Kier molecular flexibility index (Phi) is 6.47. The Labute approximate surface area is 191 Å². The summed E-state index contributed by atoms with van der Waals surface area (Å²) in [4.78, 5) is 13.8. The van der Waals surface area contributed by atoms with Gasteiger partial charge in [-0.25, -0.2) is 10.1 Å². The fourth-order valence-electron chi connectivity index (χ4n) is 2.73. The van der Waals surface area contributed by atoms with E-state index in [1.165, 1.54) is 16.4 Å². The van der Waals surface area contributed by atoms with Gasteiger partial charge in [0.2, 0.25) is 11.6 Å². The van der Waals surface area contributed by atoms with Crippen LogP contribution in [0.4, 0.5) is 5.82 Å². The molecule has 1 amide bonds. The van der Waals surface area contributed by atoms with E-state index in [4.69, 9.17) is 17.3 Å². The van der Waals surface area contributed by atoms with Gasteiger partial charge in [-0.05, 0) is 47.1 Å². The number of anilines is 1. The van der Waals surface area contributed by atoms with Gasteiger partial charge in [-0.2, -0.15) is 9.78 Å². The van der Waals surface area contributed by atoms with Crippen LogP contribution in [-0.4, -0.2) is 36.9 Å². The van der Waals surface area contributed by atoms with Gasteiger partial charge in [0.1, 0.15) is 0 Å². The zero-order valence-electron chi connectivity index (χ0n) is 16.8. The molecule has 0 aliphatic heterocycles. The third-order valence-corrected chi connectivity index (χ3v) is 5.66. The Hall–Kier alpha value is -3.70. The number of nitrogens with zero attached hydrogens (tertiary/aromatic N) is 6. The number of nitrogen functional groups attached to an aromatic ring is 1. The van der Waals surface area contributed by atoms with Crippen LogP contribution in [-0.2, 0) is 5.75 Å². The van der Waals surface area contributed by atoms with Gasteiger partial charge in [0, 0.05) is 15.7 Å². The highest BCUT2D eigenvalue weighted by Crippen LogP contribution is 2.27. The predicted molar refractivity (Wildman–Crippen MR) is 121 cm³/mol. The first-order valence-corrected chi connectivity index (χ1v) is 10.7. The first-order chi connectivity index (χ1) is 15.5. The highest BCUT2D eigenvalue weighted by molar-refractivity contribution is 7.98. The Morgan fingerprint density at radius 2 is 1.94 bits per heavy atom. The van der Waals surface area contributed by atoms with Crippen molar-refractivity contribution in [2.24, 2.45) is 5.10 Å². The summed E-state index contributed by atoms with van der Waals surface area (Å²) < 4.78 is 6.00. The number of amides is 1. The molecule has 12 heteroatoms. The molecule has 4 rings (SSSR count). The summed E-state index contributed by atoms with van der Waals surface area (Å²) in [5, 5.41) is 20.2. The molecule has 2 heterocycles. The van der Waals surface area contributed by atoms with Crippen molar-refractivity contribution in [2.75, 3.05) is 5.73 Å². The van der Waals surface area contributed by atoms with Crippen LogP contribution in [0.2, 0.25) is 5.02 Å². The van der Waals surface area contributed by atoms with E-state index in [1.54, 1.807) is 19.1 Å². The summed E-state index contributed by atoms with van der Waals surface area (Å²) in [5.41, 5.74) is 10.4. The summed E-state index contributed by atoms with van der Waals surface area (Å²) in [5.74, 6) is -0.0107. The number of hydrazone groups is 1. The average molecular weight is 469 g/mol. The van der Waals surface area contributed by atoms with Crippen molar-refractivity contribution in [3.05, 3.63) is 76.6 Å². The van der Waals surface area contributed by atoms with Gasteiger partial charge < -0.3 is 5.73 Å². The molecule has 0 radical (unpaired) electrons. The lowest BCUT2D eigenvalue weighted by atomic mass is 10.1. The number of nitrogens with one attached hydrogen (secondary N) is 1. The number of hydrogen-bond donors (Lipinski definition) is 2. The molecule has 162 valence electrons. The maximum Gasteiger partial charge on any atom is 0.293 e. The first kappa shape index (κ1) is 21.5. The van der Waals surface area contributed by atoms with E-state index in [-0.39, 0.29) is 17.3 Å². The van der Waals surface area contributed by atoms with Gasteiger partial charge in [-0.1, -0.05) is 47.1 Å². The number of rotatable bonds is 7. The van der Waals surface area contributed by atoms with E-state index in [0.717, 1.165) is 10.5 Å².